The topological polar surface area (TPSA) is 130 Å². The van der Waals surface area contributed by atoms with Crippen LogP contribution in [0, 0.1) is 0 Å². The fourth-order valence-electron chi connectivity index (χ4n) is 4.24. The normalized spacial score (nSPS) is 21.0. The fourth-order valence-corrected chi connectivity index (χ4v) is 4.24. The zero-order valence-corrected chi connectivity index (χ0v) is 19.8. The summed E-state index contributed by atoms with van der Waals surface area (Å²) in [5.74, 6) is 0.261. The van der Waals surface area contributed by atoms with Crippen LogP contribution in [-0.2, 0) is 9.53 Å². The first kappa shape index (κ1) is 22.8. The number of nitrogens with two attached hydrogens (primary N) is 1. The highest BCUT2D eigenvalue weighted by molar-refractivity contribution is 5.86. The van der Waals surface area contributed by atoms with Crippen LogP contribution in [-0.4, -0.2) is 75.2 Å². The molecule has 11 heteroatoms. The first-order valence-corrected chi connectivity index (χ1v) is 11.1. The molecule has 2 aromatic rings. The van der Waals surface area contributed by atoms with Gasteiger partial charge < -0.3 is 20.8 Å². The Morgan fingerprint density at radius 2 is 2.03 bits per heavy atom. The molecule has 33 heavy (non-hydrogen) atoms. The second kappa shape index (κ2) is 8.54. The highest BCUT2D eigenvalue weighted by Crippen LogP contribution is 2.33. The molecule has 4 N–H and O–H groups in total. The summed E-state index contributed by atoms with van der Waals surface area (Å²) in [4.78, 5) is 33.8. The van der Waals surface area contributed by atoms with E-state index in [9.17, 15) is 9.59 Å². The third-order valence-corrected chi connectivity index (χ3v) is 5.85. The van der Waals surface area contributed by atoms with Crippen molar-refractivity contribution < 1.29 is 14.3 Å². The monoisotopic (exact) mass is 456 g/mol. The number of nitrogens with zero attached hydrogens (tertiary/aromatic N) is 5. The van der Waals surface area contributed by atoms with Crippen molar-refractivity contribution in [2.45, 2.75) is 51.2 Å². The third-order valence-electron chi connectivity index (χ3n) is 5.85. The number of carbonyl (C=O) groups excluding carboxylic acids is 2. The summed E-state index contributed by atoms with van der Waals surface area (Å²) < 4.78 is 7.24. The second-order valence-electron chi connectivity index (χ2n) is 9.72. The van der Waals surface area contributed by atoms with Crippen LogP contribution >= 0.6 is 0 Å². The minimum Gasteiger partial charge on any atom is -0.444 e. The quantitative estimate of drug-likeness (QED) is 0.631. The summed E-state index contributed by atoms with van der Waals surface area (Å²) in [6.07, 6.45) is 4.34. The van der Waals surface area contributed by atoms with Gasteiger partial charge in [-0.05, 0) is 39.2 Å². The lowest BCUT2D eigenvalue weighted by Crippen LogP contribution is -2.54. The number of likely N-dealkylation sites (tertiary alicyclic amines) is 1. The molecule has 11 nitrogen and oxygen atoms in total. The fraction of sp³-hybridized carbons (Fsp3) is 0.545. The standard InChI is InChI=1S/C22H32N8O3/c1-22(2,3)33-21(32)29-12-13(6-7-17(29)20(31)28(4)5)16-8-18(23)30-19(27-16)15(11-26-30)14-9-24-25-10-14/h8-9,11,13,17,24-25H,6-7,10,12,23H2,1-5H3/t13-,17-/m0/s1. The van der Waals surface area contributed by atoms with Crippen molar-refractivity contribution >= 4 is 29.0 Å². The van der Waals surface area contributed by atoms with E-state index in [-0.39, 0.29) is 11.8 Å². The number of carbonyl (C=O) groups is 2. The summed E-state index contributed by atoms with van der Waals surface area (Å²) in [6, 6.07) is 1.23. The van der Waals surface area contributed by atoms with E-state index in [1.807, 2.05) is 27.0 Å². The summed E-state index contributed by atoms with van der Waals surface area (Å²) in [5, 5.41) is 4.39. The molecule has 4 heterocycles. The molecule has 0 aliphatic carbocycles. The number of nitrogens with one attached hydrogen (secondary N) is 2. The number of rotatable bonds is 3. The third kappa shape index (κ3) is 4.58. The van der Waals surface area contributed by atoms with Gasteiger partial charge in [0.25, 0.3) is 0 Å². The minimum atomic E-state index is -0.666. The summed E-state index contributed by atoms with van der Waals surface area (Å²) in [7, 11) is 3.39. The van der Waals surface area contributed by atoms with Crippen LogP contribution < -0.4 is 16.6 Å². The van der Waals surface area contributed by atoms with E-state index in [0.717, 1.165) is 16.8 Å². The summed E-state index contributed by atoms with van der Waals surface area (Å²) >= 11 is 0. The van der Waals surface area contributed by atoms with Crippen LogP contribution in [0.5, 0.6) is 0 Å². The number of likely N-dealkylation sites (N-methyl/N-ethyl adjacent to an activating group) is 1. The first-order valence-electron chi connectivity index (χ1n) is 11.1. The van der Waals surface area contributed by atoms with Crippen LogP contribution in [0.2, 0.25) is 0 Å². The number of fused-ring (bicyclic) bond motifs is 1. The Morgan fingerprint density at radius 1 is 1.27 bits per heavy atom. The van der Waals surface area contributed by atoms with Gasteiger partial charge in [-0.2, -0.15) is 9.61 Å². The lowest BCUT2D eigenvalue weighted by molar-refractivity contribution is -0.135. The van der Waals surface area contributed by atoms with Gasteiger partial charge in [0.15, 0.2) is 5.65 Å². The maximum Gasteiger partial charge on any atom is 0.410 e. The number of anilines is 1. The molecule has 0 aromatic carbocycles. The van der Waals surface area contributed by atoms with Gasteiger partial charge in [0, 0.05) is 50.9 Å². The maximum absolute atomic E-state index is 13.0. The number of hydrazine groups is 1. The molecule has 0 spiro atoms. The van der Waals surface area contributed by atoms with Crippen molar-refractivity contribution in [3.05, 3.63) is 29.7 Å². The van der Waals surface area contributed by atoms with Crippen LogP contribution in [0.4, 0.5) is 10.6 Å². The zero-order chi connectivity index (χ0) is 23.9. The number of hydrogen-bond donors (Lipinski definition) is 3. The lowest BCUT2D eigenvalue weighted by Gasteiger charge is -2.40. The lowest BCUT2D eigenvalue weighted by atomic mass is 9.89. The van der Waals surface area contributed by atoms with Gasteiger partial charge in [0.2, 0.25) is 5.91 Å². The van der Waals surface area contributed by atoms with Crippen LogP contribution in [0.15, 0.2) is 18.5 Å². The van der Waals surface area contributed by atoms with E-state index in [2.05, 4.69) is 16.0 Å². The van der Waals surface area contributed by atoms with Crippen molar-refractivity contribution in [3.8, 4) is 0 Å². The maximum atomic E-state index is 13.0. The van der Waals surface area contributed by atoms with Crippen molar-refractivity contribution in [2.24, 2.45) is 0 Å². The average molecular weight is 457 g/mol. The molecule has 2 amide bonds. The molecule has 178 valence electrons. The first-order chi connectivity index (χ1) is 15.5. The molecule has 2 aliphatic heterocycles. The van der Waals surface area contributed by atoms with Gasteiger partial charge in [-0.3, -0.25) is 9.69 Å². The average Bonchev–Trinajstić information content (AvgIpc) is 3.41. The molecule has 0 saturated carbocycles. The molecule has 2 atom stereocenters. The van der Waals surface area contributed by atoms with Gasteiger partial charge in [-0.1, -0.05) is 0 Å². The number of hydrogen-bond acceptors (Lipinski definition) is 8. The number of aromatic nitrogens is 3. The Kier molecular flexibility index (Phi) is 5.91. The van der Waals surface area contributed by atoms with Crippen molar-refractivity contribution in [1.29, 1.82) is 0 Å². The molecule has 0 radical (unpaired) electrons. The van der Waals surface area contributed by atoms with Crippen LogP contribution in [0.25, 0.3) is 11.2 Å². The van der Waals surface area contributed by atoms with E-state index in [1.165, 1.54) is 9.80 Å². The predicted molar refractivity (Wildman–Crippen MR) is 124 cm³/mol. The zero-order valence-electron chi connectivity index (χ0n) is 19.8. The molecule has 2 aromatic heterocycles. The summed E-state index contributed by atoms with van der Waals surface area (Å²) in [6.45, 7) is 6.41. The highest BCUT2D eigenvalue weighted by Gasteiger charge is 2.39. The van der Waals surface area contributed by atoms with Crippen molar-refractivity contribution in [1.82, 2.24) is 35.2 Å². The largest absolute Gasteiger partial charge is 0.444 e. The Labute approximate surface area is 192 Å². The molecular formula is C22H32N8O3. The number of piperidine rings is 1. The summed E-state index contributed by atoms with van der Waals surface area (Å²) in [5.41, 5.74) is 15.0. The number of ether oxygens (including phenoxy) is 1. The van der Waals surface area contributed by atoms with E-state index in [0.29, 0.717) is 37.4 Å². The molecular weight excluding hydrogens is 424 g/mol. The molecule has 2 aliphatic rings. The molecule has 1 fully saturated rings. The van der Waals surface area contributed by atoms with Gasteiger partial charge in [0.1, 0.15) is 17.5 Å². The van der Waals surface area contributed by atoms with E-state index in [1.54, 1.807) is 30.9 Å². The minimum absolute atomic E-state index is 0.0902. The Hall–Kier alpha value is -3.34. The predicted octanol–water partition coefficient (Wildman–Crippen LogP) is 1.33. The Morgan fingerprint density at radius 3 is 2.67 bits per heavy atom. The highest BCUT2D eigenvalue weighted by atomic mass is 16.6. The van der Waals surface area contributed by atoms with Gasteiger partial charge in [0.05, 0.1) is 11.9 Å². The van der Waals surface area contributed by atoms with E-state index in [4.69, 9.17) is 15.5 Å². The van der Waals surface area contributed by atoms with Gasteiger partial charge in [-0.15, -0.1) is 0 Å². The number of amides is 2. The van der Waals surface area contributed by atoms with Gasteiger partial charge >= 0.3 is 6.09 Å². The molecule has 1 saturated heterocycles. The second-order valence-corrected chi connectivity index (χ2v) is 9.72. The smallest absolute Gasteiger partial charge is 0.410 e. The number of nitrogen functional groups attached to an aromatic ring is 1. The van der Waals surface area contributed by atoms with Gasteiger partial charge in [-0.25, -0.2) is 15.2 Å². The van der Waals surface area contributed by atoms with Crippen LogP contribution in [0.1, 0.15) is 50.8 Å². The molecule has 0 bridgehead atoms. The van der Waals surface area contributed by atoms with Crippen molar-refractivity contribution in [2.75, 3.05) is 32.9 Å². The Balaban J connectivity index is 1.67. The SMILES string of the molecule is CN(C)C(=O)[C@@H]1CC[C@H](c2cc(N)n3ncc(C4=CNNC4)c3n2)CN1C(=O)OC(C)(C)C. The van der Waals surface area contributed by atoms with E-state index < -0.39 is 17.7 Å². The van der Waals surface area contributed by atoms with E-state index >= 15 is 0 Å². The van der Waals surface area contributed by atoms with Crippen LogP contribution in [0.3, 0.4) is 0 Å². The molecule has 4 rings (SSSR count). The Bertz CT molecular complexity index is 1100. The van der Waals surface area contributed by atoms with Crippen molar-refractivity contribution in [3.63, 3.8) is 0 Å². The molecule has 0 unspecified atom stereocenters.